The second-order valence-electron chi connectivity index (χ2n) is 6.30. The zero-order valence-electron chi connectivity index (χ0n) is 15.5. The molecule has 0 radical (unpaired) electrons. The van der Waals surface area contributed by atoms with Gasteiger partial charge in [-0.2, -0.15) is 5.10 Å². The third kappa shape index (κ3) is 4.18. The number of nitrogens with zero attached hydrogens (tertiary/aromatic N) is 2. The molecule has 0 amide bonds. The molecule has 8 nitrogen and oxygen atoms in total. The van der Waals surface area contributed by atoms with Gasteiger partial charge < -0.3 is 0 Å². The van der Waals surface area contributed by atoms with Gasteiger partial charge in [-0.05, 0) is 49.7 Å². The summed E-state index contributed by atoms with van der Waals surface area (Å²) in [6.45, 7) is 3.40. The highest BCUT2D eigenvalue weighted by Gasteiger charge is 2.21. The molecule has 148 valence electrons. The first-order valence-electron chi connectivity index (χ1n) is 8.30. The molecule has 0 atom stereocenters. The Labute approximate surface area is 164 Å². The number of sulfonamides is 2. The Morgan fingerprint density at radius 3 is 2.07 bits per heavy atom. The van der Waals surface area contributed by atoms with Crippen LogP contribution in [-0.2, 0) is 27.1 Å². The van der Waals surface area contributed by atoms with Crippen molar-refractivity contribution in [2.24, 2.45) is 7.05 Å². The first kappa shape index (κ1) is 19.9. The van der Waals surface area contributed by atoms with Crippen LogP contribution in [0.4, 0.5) is 11.4 Å². The molecule has 2 aromatic carbocycles. The standard InChI is InChI=1S/C18H20N4O4S2/c1-13-6-4-5-7-17(13)21-27(23,24)16-10-8-15(9-11-16)20-28(25,26)18-12-22(3)19-14(18)2/h4-12,20-21H,1-3H3. The van der Waals surface area contributed by atoms with Crippen molar-refractivity contribution in [1.82, 2.24) is 9.78 Å². The third-order valence-corrected chi connectivity index (χ3v) is 6.93. The van der Waals surface area contributed by atoms with Crippen molar-refractivity contribution >= 4 is 31.4 Å². The smallest absolute Gasteiger partial charge is 0.265 e. The average molecular weight is 421 g/mol. The van der Waals surface area contributed by atoms with Gasteiger partial charge in [0.1, 0.15) is 4.90 Å². The number of hydrogen-bond donors (Lipinski definition) is 2. The highest BCUT2D eigenvalue weighted by Crippen LogP contribution is 2.22. The van der Waals surface area contributed by atoms with E-state index in [0.29, 0.717) is 11.4 Å². The second kappa shape index (κ2) is 7.28. The van der Waals surface area contributed by atoms with E-state index in [-0.39, 0.29) is 15.5 Å². The Kier molecular flexibility index (Phi) is 5.18. The number of aryl methyl sites for hydroxylation is 3. The lowest BCUT2D eigenvalue weighted by atomic mass is 10.2. The molecule has 3 aromatic rings. The molecule has 3 rings (SSSR count). The number of rotatable bonds is 6. The minimum atomic E-state index is -3.82. The second-order valence-corrected chi connectivity index (χ2v) is 9.64. The van der Waals surface area contributed by atoms with Gasteiger partial charge in [0.15, 0.2) is 0 Å². The highest BCUT2D eigenvalue weighted by molar-refractivity contribution is 7.93. The maximum absolute atomic E-state index is 12.6. The number of aromatic nitrogens is 2. The highest BCUT2D eigenvalue weighted by atomic mass is 32.2. The molecule has 0 aliphatic carbocycles. The maximum Gasteiger partial charge on any atom is 0.265 e. The van der Waals surface area contributed by atoms with Crippen LogP contribution in [0.1, 0.15) is 11.3 Å². The molecule has 2 N–H and O–H groups in total. The first-order valence-corrected chi connectivity index (χ1v) is 11.3. The van der Waals surface area contributed by atoms with Gasteiger partial charge in [-0.3, -0.25) is 14.1 Å². The van der Waals surface area contributed by atoms with E-state index in [1.807, 2.05) is 6.07 Å². The van der Waals surface area contributed by atoms with E-state index in [1.165, 1.54) is 35.1 Å². The van der Waals surface area contributed by atoms with Gasteiger partial charge in [0, 0.05) is 18.9 Å². The topological polar surface area (TPSA) is 110 Å². The van der Waals surface area contributed by atoms with Crippen LogP contribution < -0.4 is 9.44 Å². The zero-order chi connectivity index (χ0) is 20.5. The van der Waals surface area contributed by atoms with Crippen LogP contribution in [0.25, 0.3) is 0 Å². The fraction of sp³-hybridized carbons (Fsp3) is 0.167. The summed E-state index contributed by atoms with van der Waals surface area (Å²) in [5.41, 5.74) is 1.90. The van der Waals surface area contributed by atoms with Gasteiger partial charge in [0.2, 0.25) is 0 Å². The summed E-state index contributed by atoms with van der Waals surface area (Å²) < 4.78 is 56.5. The normalized spacial score (nSPS) is 12.0. The van der Waals surface area contributed by atoms with Crippen LogP contribution in [0.15, 0.2) is 64.5 Å². The largest absolute Gasteiger partial charge is 0.280 e. The number of hydrogen-bond acceptors (Lipinski definition) is 5. The Bertz CT molecular complexity index is 1210. The van der Waals surface area contributed by atoms with Crippen LogP contribution in [0.5, 0.6) is 0 Å². The average Bonchev–Trinajstić information content (AvgIpc) is 2.96. The van der Waals surface area contributed by atoms with Crippen molar-refractivity contribution in [2.45, 2.75) is 23.6 Å². The quantitative estimate of drug-likeness (QED) is 0.637. The van der Waals surface area contributed by atoms with Gasteiger partial charge in [0.25, 0.3) is 20.0 Å². The Hall–Kier alpha value is -2.85. The third-order valence-electron chi connectivity index (χ3n) is 4.06. The number of anilines is 2. The van der Waals surface area contributed by atoms with E-state index in [1.54, 1.807) is 39.1 Å². The molecule has 1 aromatic heterocycles. The van der Waals surface area contributed by atoms with Crippen LogP contribution >= 0.6 is 0 Å². The Morgan fingerprint density at radius 2 is 1.50 bits per heavy atom. The van der Waals surface area contributed by atoms with Crippen molar-refractivity contribution in [3.8, 4) is 0 Å². The predicted octanol–water partition coefficient (Wildman–Crippen LogP) is 2.64. The van der Waals surface area contributed by atoms with Crippen molar-refractivity contribution < 1.29 is 16.8 Å². The molecule has 0 unspecified atom stereocenters. The van der Waals surface area contributed by atoms with E-state index in [0.717, 1.165) is 5.56 Å². The van der Waals surface area contributed by atoms with Gasteiger partial charge in [-0.25, -0.2) is 16.8 Å². The SMILES string of the molecule is Cc1ccccc1NS(=O)(=O)c1ccc(NS(=O)(=O)c2cn(C)nc2C)cc1. The van der Waals surface area contributed by atoms with Crippen molar-refractivity contribution in [3.63, 3.8) is 0 Å². The molecule has 0 aliphatic heterocycles. The predicted molar refractivity (Wildman–Crippen MR) is 107 cm³/mol. The van der Waals surface area contributed by atoms with Gasteiger partial charge in [-0.1, -0.05) is 18.2 Å². The fourth-order valence-electron chi connectivity index (χ4n) is 2.65. The monoisotopic (exact) mass is 420 g/mol. The molecule has 0 fully saturated rings. The first-order chi connectivity index (χ1) is 13.1. The summed E-state index contributed by atoms with van der Waals surface area (Å²) in [5, 5.41) is 4.02. The van der Waals surface area contributed by atoms with E-state index < -0.39 is 20.0 Å². The van der Waals surface area contributed by atoms with Crippen molar-refractivity contribution in [2.75, 3.05) is 9.44 Å². The summed E-state index contributed by atoms with van der Waals surface area (Å²) in [6.07, 6.45) is 1.41. The summed E-state index contributed by atoms with van der Waals surface area (Å²) in [4.78, 5) is 0.0872. The fourth-order valence-corrected chi connectivity index (χ4v) is 5.05. The summed E-state index contributed by atoms with van der Waals surface area (Å²) in [6, 6.07) is 12.5. The minimum absolute atomic E-state index is 0.0243. The number of benzene rings is 2. The van der Waals surface area contributed by atoms with Crippen LogP contribution in [0.2, 0.25) is 0 Å². The van der Waals surface area contributed by atoms with Gasteiger partial charge in [0.05, 0.1) is 16.3 Å². The lowest BCUT2D eigenvalue weighted by Crippen LogP contribution is -2.15. The molecule has 10 heteroatoms. The van der Waals surface area contributed by atoms with E-state index in [9.17, 15) is 16.8 Å². The minimum Gasteiger partial charge on any atom is -0.280 e. The summed E-state index contributed by atoms with van der Waals surface area (Å²) >= 11 is 0. The van der Waals surface area contributed by atoms with Crippen molar-refractivity contribution in [3.05, 3.63) is 66.0 Å². The Morgan fingerprint density at radius 1 is 0.857 bits per heavy atom. The number of nitrogens with one attached hydrogen (secondary N) is 2. The van der Waals surface area contributed by atoms with Gasteiger partial charge in [-0.15, -0.1) is 0 Å². The molecule has 1 heterocycles. The molecule has 0 saturated carbocycles. The maximum atomic E-state index is 12.6. The molecular weight excluding hydrogens is 400 g/mol. The van der Waals surface area contributed by atoms with Crippen LogP contribution in [0.3, 0.4) is 0 Å². The lowest BCUT2D eigenvalue weighted by molar-refractivity contribution is 0.599. The van der Waals surface area contributed by atoms with Crippen LogP contribution in [0, 0.1) is 13.8 Å². The molecule has 0 aliphatic rings. The van der Waals surface area contributed by atoms with Gasteiger partial charge >= 0.3 is 0 Å². The summed E-state index contributed by atoms with van der Waals surface area (Å²) in [5.74, 6) is 0. The summed E-state index contributed by atoms with van der Waals surface area (Å²) in [7, 11) is -5.98. The van der Waals surface area contributed by atoms with E-state index >= 15 is 0 Å². The molecular formula is C18H20N4O4S2. The lowest BCUT2D eigenvalue weighted by Gasteiger charge is -2.11. The molecule has 0 spiro atoms. The molecule has 28 heavy (non-hydrogen) atoms. The molecule has 0 saturated heterocycles. The van der Waals surface area contributed by atoms with E-state index in [2.05, 4.69) is 14.5 Å². The van der Waals surface area contributed by atoms with E-state index in [4.69, 9.17) is 0 Å². The number of para-hydroxylation sites is 1. The molecule has 0 bridgehead atoms. The Balaban J connectivity index is 1.81. The van der Waals surface area contributed by atoms with Crippen molar-refractivity contribution in [1.29, 1.82) is 0 Å². The zero-order valence-corrected chi connectivity index (χ0v) is 17.2. The van der Waals surface area contributed by atoms with Crippen LogP contribution in [-0.4, -0.2) is 26.6 Å².